The molecule has 0 atom stereocenters. The highest BCUT2D eigenvalue weighted by Gasteiger charge is 2.34. The summed E-state index contributed by atoms with van der Waals surface area (Å²) in [6.07, 6.45) is 1.65. The summed E-state index contributed by atoms with van der Waals surface area (Å²) in [5, 5.41) is 8.34. The number of rotatable bonds is 4. The maximum Gasteiger partial charge on any atom is 0.255 e. The number of hydrogen-bond acceptors (Lipinski definition) is 6. The Morgan fingerprint density at radius 1 is 0.774 bits per heavy atom. The van der Waals surface area contributed by atoms with Gasteiger partial charge >= 0.3 is 0 Å². The van der Waals surface area contributed by atoms with Gasteiger partial charge in [-0.25, -0.2) is 4.98 Å². The summed E-state index contributed by atoms with van der Waals surface area (Å²) in [7, 11) is 0. The van der Waals surface area contributed by atoms with Gasteiger partial charge in [0.25, 0.3) is 5.91 Å². The van der Waals surface area contributed by atoms with Crippen LogP contribution >= 0.6 is 11.3 Å². The molecule has 5 rings (SSSR count). The molecule has 7 heteroatoms. The van der Waals surface area contributed by atoms with Crippen molar-refractivity contribution in [2.75, 3.05) is 10.6 Å². The normalized spacial score (nSPS) is 12.1. The molecule has 31 heavy (non-hydrogen) atoms. The van der Waals surface area contributed by atoms with Crippen LogP contribution in [0.2, 0.25) is 0 Å². The van der Waals surface area contributed by atoms with Gasteiger partial charge in [-0.15, -0.1) is 11.3 Å². The van der Waals surface area contributed by atoms with Crippen molar-refractivity contribution in [3.05, 3.63) is 106 Å². The highest BCUT2D eigenvalue weighted by atomic mass is 32.1. The van der Waals surface area contributed by atoms with Crippen molar-refractivity contribution in [2.24, 2.45) is 0 Å². The summed E-state index contributed by atoms with van der Waals surface area (Å²) >= 11 is 1.38. The number of hydrogen-bond donors (Lipinski definition) is 2. The van der Waals surface area contributed by atoms with Crippen molar-refractivity contribution >= 4 is 45.3 Å². The monoisotopic (exact) mass is 425 g/mol. The minimum Gasteiger partial charge on any atom is -0.331 e. The van der Waals surface area contributed by atoms with E-state index in [1.807, 2.05) is 11.4 Å². The number of carbonyl (C=O) groups is 3. The number of fused-ring (bicyclic) bond motifs is 2. The van der Waals surface area contributed by atoms with E-state index in [4.69, 9.17) is 0 Å². The zero-order valence-electron chi connectivity index (χ0n) is 16.1. The lowest BCUT2D eigenvalue weighted by Gasteiger charge is -2.23. The van der Waals surface area contributed by atoms with Crippen LogP contribution in [-0.2, 0) is 0 Å². The van der Waals surface area contributed by atoms with E-state index in [0.717, 1.165) is 0 Å². The molecule has 1 aliphatic rings. The Hall–Kier alpha value is -4.10. The fraction of sp³-hybridized carbons (Fsp3) is 0. The van der Waals surface area contributed by atoms with Gasteiger partial charge in [-0.3, -0.25) is 14.4 Å². The van der Waals surface area contributed by atoms with E-state index in [9.17, 15) is 14.4 Å². The Balaban J connectivity index is 1.65. The lowest BCUT2D eigenvalue weighted by atomic mass is 9.82. The Bertz CT molecular complexity index is 1330. The van der Waals surface area contributed by atoms with Crippen molar-refractivity contribution in [3.8, 4) is 0 Å². The minimum atomic E-state index is -0.359. The van der Waals surface area contributed by atoms with E-state index in [2.05, 4.69) is 15.6 Å². The predicted molar refractivity (Wildman–Crippen MR) is 120 cm³/mol. The molecule has 150 valence electrons. The zero-order chi connectivity index (χ0) is 21.4. The second-order valence-electron chi connectivity index (χ2n) is 6.90. The number of benzene rings is 3. The fourth-order valence-electron chi connectivity index (χ4n) is 3.62. The molecule has 0 aliphatic heterocycles. The lowest BCUT2D eigenvalue weighted by Crippen LogP contribution is -2.25. The Kier molecular flexibility index (Phi) is 4.65. The molecular weight excluding hydrogens is 410 g/mol. The summed E-state index contributed by atoms with van der Waals surface area (Å²) in [5.74, 6) is -0.945. The second-order valence-corrected chi connectivity index (χ2v) is 7.79. The topological polar surface area (TPSA) is 88.2 Å². The molecule has 6 nitrogen and oxygen atoms in total. The van der Waals surface area contributed by atoms with Gasteiger partial charge in [0.1, 0.15) is 0 Å². The van der Waals surface area contributed by atoms with E-state index in [0.29, 0.717) is 33.2 Å². The second kappa shape index (κ2) is 7.62. The van der Waals surface area contributed by atoms with Gasteiger partial charge in [0.2, 0.25) is 0 Å². The highest BCUT2D eigenvalue weighted by molar-refractivity contribution is 7.13. The van der Waals surface area contributed by atoms with Crippen LogP contribution in [0.3, 0.4) is 0 Å². The molecule has 1 amide bonds. The number of ketones is 2. The van der Waals surface area contributed by atoms with Crippen LogP contribution in [0.15, 0.2) is 78.3 Å². The molecule has 2 N–H and O–H groups in total. The molecule has 0 bridgehead atoms. The van der Waals surface area contributed by atoms with Gasteiger partial charge in [-0.05, 0) is 24.3 Å². The fourth-order valence-corrected chi connectivity index (χ4v) is 4.16. The first-order chi connectivity index (χ1) is 15.1. The van der Waals surface area contributed by atoms with E-state index < -0.39 is 0 Å². The molecule has 0 radical (unpaired) electrons. The summed E-state index contributed by atoms with van der Waals surface area (Å²) in [6.45, 7) is 0. The first-order valence-corrected chi connectivity index (χ1v) is 10.4. The molecular formula is C24H15N3O3S. The van der Waals surface area contributed by atoms with Gasteiger partial charge in [-0.1, -0.05) is 42.5 Å². The first kappa shape index (κ1) is 18.9. The Morgan fingerprint density at radius 3 is 2.03 bits per heavy atom. The van der Waals surface area contributed by atoms with Crippen LogP contribution in [0.25, 0.3) is 0 Å². The number of thiazole rings is 1. The highest BCUT2D eigenvalue weighted by Crippen LogP contribution is 2.38. The quantitative estimate of drug-likeness (QED) is 0.427. The Labute approximate surface area is 181 Å². The molecule has 0 saturated carbocycles. The van der Waals surface area contributed by atoms with Crippen molar-refractivity contribution in [1.82, 2.24) is 4.98 Å². The summed E-state index contributed by atoms with van der Waals surface area (Å²) < 4.78 is 0. The third kappa shape index (κ3) is 3.31. The average Bonchev–Trinajstić information content (AvgIpc) is 3.32. The number of amides is 1. The number of carbonyl (C=O) groups excluding carboxylic acids is 3. The van der Waals surface area contributed by atoms with Crippen molar-refractivity contribution in [1.29, 1.82) is 0 Å². The SMILES string of the molecule is O=C(Nc1ccc(Nc2nccs2)c2c1C(=O)c1ccccc1C2=O)c1ccccc1. The van der Waals surface area contributed by atoms with Crippen molar-refractivity contribution in [3.63, 3.8) is 0 Å². The van der Waals surface area contributed by atoms with Crippen molar-refractivity contribution in [2.45, 2.75) is 0 Å². The summed E-state index contributed by atoms with van der Waals surface area (Å²) in [6, 6.07) is 18.7. The van der Waals surface area contributed by atoms with E-state index in [1.165, 1.54) is 11.3 Å². The van der Waals surface area contributed by atoms with Gasteiger partial charge in [0.15, 0.2) is 16.7 Å². The van der Waals surface area contributed by atoms with Crippen LogP contribution in [0, 0.1) is 0 Å². The molecule has 3 aromatic carbocycles. The average molecular weight is 425 g/mol. The van der Waals surface area contributed by atoms with Crippen LogP contribution in [0.5, 0.6) is 0 Å². The molecule has 1 heterocycles. The van der Waals surface area contributed by atoms with Gasteiger partial charge in [0.05, 0.1) is 22.5 Å². The van der Waals surface area contributed by atoms with E-state index >= 15 is 0 Å². The number of aromatic nitrogens is 1. The van der Waals surface area contributed by atoms with Crippen LogP contribution < -0.4 is 10.6 Å². The first-order valence-electron chi connectivity index (χ1n) is 9.52. The number of nitrogens with one attached hydrogen (secondary N) is 2. The molecule has 1 aliphatic carbocycles. The predicted octanol–water partition coefficient (Wildman–Crippen LogP) is 4.91. The largest absolute Gasteiger partial charge is 0.331 e. The maximum atomic E-state index is 13.4. The number of anilines is 3. The smallest absolute Gasteiger partial charge is 0.255 e. The summed E-state index contributed by atoms with van der Waals surface area (Å²) in [5.41, 5.74) is 2.28. The van der Waals surface area contributed by atoms with Gasteiger partial charge < -0.3 is 10.6 Å². The van der Waals surface area contributed by atoms with Gasteiger partial charge in [0, 0.05) is 28.3 Å². The minimum absolute atomic E-state index is 0.175. The standard InChI is InChI=1S/C24H15N3O3S/c28-21-15-8-4-5-9-16(15)22(29)20-18(27-24-25-12-13-31-24)11-10-17(19(20)21)26-23(30)14-6-2-1-3-7-14/h1-13H,(H,25,27)(H,26,30). The maximum absolute atomic E-state index is 13.4. The van der Waals surface area contributed by atoms with Crippen LogP contribution in [0.1, 0.15) is 42.2 Å². The van der Waals surface area contributed by atoms with Crippen molar-refractivity contribution < 1.29 is 14.4 Å². The molecule has 1 aromatic heterocycles. The third-order valence-electron chi connectivity index (χ3n) is 5.03. The Morgan fingerprint density at radius 2 is 1.39 bits per heavy atom. The van der Waals surface area contributed by atoms with Gasteiger partial charge in [-0.2, -0.15) is 0 Å². The molecule has 0 spiro atoms. The summed E-state index contributed by atoms with van der Waals surface area (Å²) in [4.78, 5) is 43.7. The van der Waals surface area contributed by atoms with Crippen LogP contribution in [0.4, 0.5) is 16.5 Å². The zero-order valence-corrected chi connectivity index (χ0v) is 16.9. The molecule has 4 aromatic rings. The molecule has 0 unspecified atom stereocenters. The lowest BCUT2D eigenvalue weighted by molar-refractivity contribution is 0.0979. The van der Waals surface area contributed by atoms with E-state index in [-0.39, 0.29) is 28.6 Å². The third-order valence-corrected chi connectivity index (χ3v) is 5.72. The van der Waals surface area contributed by atoms with E-state index in [1.54, 1.807) is 66.9 Å². The van der Waals surface area contributed by atoms with Crippen LogP contribution in [-0.4, -0.2) is 22.5 Å². The number of nitrogens with zero attached hydrogens (tertiary/aromatic N) is 1. The molecule has 0 saturated heterocycles. The molecule has 0 fully saturated rings.